The first-order valence-electron chi connectivity index (χ1n) is 8.16. The number of fused-ring (bicyclic) bond motifs is 2. The molecule has 4 aromatic carbocycles. The predicted molar refractivity (Wildman–Crippen MR) is 112 cm³/mol. The third-order valence-corrected chi connectivity index (χ3v) is 5.11. The van der Waals surface area contributed by atoms with Crippen molar-refractivity contribution in [2.45, 2.75) is 0 Å². The van der Waals surface area contributed by atoms with Crippen molar-refractivity contribution in [3.05, 3.63) is 92.9 Å². The number of hydrogen-bond donors (Lipinski definition) is 0. The SMILES string of the molecule is O=C([O-])c1cccc2ccc(Br)cc12.O=C([O-])c1cccc2ccc(Br)cc12.[Zn+2]. The smallest absolute Gasteiger partial charge is 0.545 e. The molecule has 0 N–H and O–H groups in total. The molecule has 0 saturated heterocycles. The van der Waals surface area contributed by atoms with Gasteiger partial charge in [0.1, 0.15) is 0 Å². The number of halogens is 2. The first-order chi connectivity index (χ1) is 13.4. The van der Waals surface area contributed by atoms with Crippen LogP contribution in [0.2, 0.25) is 0 Å². The van der Waals surface area contributed by atoms with Crippen molar-refractivity contribution in [3.8, 4) is 0 Å². The van der Waals surface area contributed by atoms with E-state index in [2.05, 4.69) is 31.9 Å². The molecule has 0 unspecified atom stereocenters. The molecule has 0 fully saturated rings. The van der Waals surface area contributed by atoms with Gasteiger partial charge in [0.15, 0.2) is 0 Å². The summed E-state index contributed by atoms with van der Waals surface area (Å²) < 4.78 is 1.72. The van der Waals surface area contributed by atoms with E-state index in [9.17, 15) is 19.8 Å². The zero-order valence-corrected chi connectivity index (χ0v) is 21.2. The van der Waals surface area contributed by atoms with Crippen LogP contribution >= 0.6 is 31.9 Å². The molecule has 0 aliphatic heterocycles. The Kier molecular flexibility index (Phi) is 8.08. The first kappa shape index (κ1) is 23.2. The second-order valence-electron chi connectivity index (χ2n) is 5.92. The summed E-state index contributed by atoms with van der Waals surface area (Å²) in [7, 11) is 0. The van der Waals surface area contributed by atoms with Crippen molar-refractivity contribution in [2.24, 2.45) is 0 Å². The number of hydrogen-bond acceptors (Lipinski definition) is 4. The zero-order chi connectivity index (χ0) is 20.3. The quantitative estimate of drug-likeness (QED) is 0.345. The van der Waals surface area contributed by atoms with Crippen LogP contribution in [0.3, 0.4) is 0 Å². The number of carboxylic acid groups (broad SMARTS) is 2. The fourth-order valence-electron chi connectivity index (χ4n) is 2.85. The topological polar surface area (TPSA) is 80.3 Å². The number of rotatable bonds is 2. The molecule has 4 rings (SSSR count). The Hall–Kier alpha value is -2.08. The Morgan fingerprint density at radius 2 is 1.00 bits per heavy atom. The van der Waals surface area contributed by atoms with Crippen LogP contribution in [0.5, 0.6) is 0 Å². The molecule has 0 radical (unpaired) electrons. The van der Waals surface area contributed by atoms with Gasteiger partial charge in [0.05, 0.1) is 11.9 Å². The summed E-state index contributed by atoms with van der Waals surface area (Å²) in [4.78, 5) is 21.6. The molecular weight excluding hydrogens is 553 g/mol. The van der Waals surface area contributed by atoms with E-state index in [-0.39, 0.29) is 30.6 Å². The summed E-state index contributed by atoms with van der Waals surface area (Å²) >= 11 is 6.60. The van der Waals surface area contributed by atoms with Crippen molar-refractivity contribution in [1.29, 1.82) is 0 Å². The van der Waals surface area contributed by atoms with E-state index in [1.54, 1.807) is 36.4 Å². The maximum Gasteiger partial charge on any atom is 2.00 e. The Bertz CT molecular complexity index is 1110. The predicted octanol–water partition coefficient (Wildman–Crippen LogP) is 3.93. The van der Waals surface area contributed by atoms with Crippen molar-refractivity contribution < 1.29 is 39.3 Å². The third kappa shape index (κ3) is 5.50. The molecule has 0 aromatic heterocycles. The van der Waals surface area contributed by atoms with Gasteiger partial charge < -0.3 is 19.8 Å². The summed E-state index contributed by atoms with van der Waals surface area (Å²) in [5.74, 6) is -2.29. The van der Waals surface area contributed by atoms with Gasteiger partial charge in [-0.25, -0.2) is 0 Å². The molecule has 0 bridgehead atoms. The molecule has 7 heteroatoms. The molecule has 0 aliphatic carbocycles. The number of carboxylic acids is 2. The van der Waals surface area contributed by atoms with Gasteiger partial charge in [-0.05, 0) is 45.8 Å². The van der Waals surface area contributed by atoms with Gasteiger partial charge in [-0.1, -0.05) is 80.4 Å². The maximum atomic E-state index is 10.8. The van der Waals surface area contributed by atoms with Gasteiger partial charge in [-0.3, -0.25) is 0 Å². The first-order valence-corrected chi connectivity index (χ1v) is 9.74. The minimum Gasteiger partial charge on any atom is -0.545 e. The van der Waals surface area contributed by atoms with Crippen molar-refractivity contribution in [1.82, 2.24) is 0 Å². The van der Waals surface area contributed by atoms with Gasteiger partial charge >= 0.3 is 19.5 Å². The summed E-state index contributed by atoms with van der Waals surface area (Å²) in [6, 6.07) is 21.3. The third-order valence-electron chi connectivity index (χ3n) is 4.13. The van der Waals surface area contributed by atoms with Gasteiger partial charge in [0.2, 0.25) is 0 Å². The maximum absolute atomic E-state index is 10.8. The number of benzene rings is 4. The summed E-state index contributed by atoms with van der Waals surface area (Å²) in [6.07, 6.45) is 0. The summed E-state index contributed by atoms with van der Waals surface area (Å²) in [6.45, 7) is 0. The second-order valence-corrected chi connectivity index (χ2v) is 7.75. The largest absolute Gasteiger partial charge is 2.00 e. The monoisotopic (exact) mass is 562 g/mol. The van der Waals surface area contributed by atoms with Crippen molar-refractivity contribution in [2.75, 3.05) is 0 Å². The Labute approximate surface area is 196 Å². The fraction of sp³-hybridized carbons (Fsp3) is 0. The molecular formula is C22H12Br2O4Zn. The molecule has 4 nitrogen and oxygen atoms in total. The van der Waals surface area contributed by atoms with E-state index < -0.39 is 11.9 Å². The molecule has 0 aliphatic rings. The van der Waals surface area contributed by atoms with Gasteiger partial charge in [-0.15, -0.1) is 0 Å². The van der Waals surface area contributed by atoms with Crippen LogP contribution in [0.1, 0.15) is 20.7 Å². The molecule has 0 saturated carbocycles. The van der Waals surface area contributed by atoms with Crippen LogP contribution in [-0.4, -0.2) is 11.9 Å². The van der Waals surface area contributed by atoms with Crippen LogP contribution in [0.15, 0.2) is 81.7 Å². The van der Waals surface area contributed by atoms with Crippen LogP contribution in [0.4, 0.5) is 0 Å². The van der Waals surface area contributed by atoms with Gasteiger partial charge in [0.25, 0.3) is 0 Å². The second kappa shape index (κ2) is 10.1. The van der Waals surface area contributed by atoms with Crippen LogP contribution in [0.25, 0.3) is 21.5 Å². The van der Waals surface area contributed by atoms with Crippen LogP contribution in [-0.2, 0) is 19.5 Å². The average Bonchev–Trinajstić information content (AvgIpc) is 2.67. The standard InChI is InChI=1S/2C11H7BrO2.Zn/c2*12-8-5-4-7-2-1-3-9(11(13)14)10(7)6-8;/h2*1-6H,(H,13,14);/q;;+2/p-2. The Balaban J connectivity index is 0.000000200. The van der Waals surface area contributed by atoms with Crippen LogP contribution < -0.4 is 10.2 Å². The van der Waals surface area contributed by atoms with E-state index in [1.165, 1.54) is 0 Å². The van der Waals surface area contributed by atoms with E-state index >= 15 is 0 Å². The molecule has 4 aromatic rings. The minimum absolute atomic E-state index is 0. The molecule has 140 valence electrons. The van der Waals surface area contributed by atoms with E-state index in [0.29, 0.717) is 10.8 Å². The molecule has 29 heavy (non-hydrogen) atoms. The van der Waals surface area contributed by atoms with Crippen molar-refractivity contribution >= 4 is 65.3 Å². The average molecular weight is 566 g/mol. The number of aromatic carboxylic acids is 2. The minimum atomic E-state index is -1.14. The zero-order valence-electron chi connectivity index (χ0n) is 15.0. The number of carbonyl (C=O) groups excluding carboxylic acids is 2. The molecule has 0 amide bonds. The Morgan fingerprint density at radius 3 is 1.34 bits per heavy atom. The van der Waals surface area contributed by atoms with Gasteiger partial charge in [0, 0.05) is 20.1 Å². The van der Waals surface area contributed by atoms with E-state index in [1.807, 2.05) is 36.4 Å². The van der Waals surface area contributed by atoms with E-state index in [4.69, 9.17) is 0 Å². The molecule has 0 atom stereocenters. The fourth-order valence-corrected chi connectivity index (χ4v) is 3.57. The number of carbonyl (C=O) groups is 2. The van der Waals surface area contributed by atoms with E-state index in [0.717, 1.165) is 19.7 Å². The molecule has 0 heterocycles. The Morgan fingerprint density at radius 1 is 0.621 bits per heavy atom. The normalized spacial score (nSPS) is 10.0. The summed E-state index contributed by atoms with van der Waals surface area (Å²) in [5.41, 5.74) is 0.451. The summed E-state index contributed by atoms with van der Waals surface area (Å²) in [5, 5.41) is 24.8. The molecule has 0 spiro atoms. The van der Waals surface area contributed by atoms with Crippen LogP contribution in [0, 0.1) is 0 Å². The van der Waals surface area contributed by atoms with Crippen molar-refractivity contribution in [3.63, 3.8) is 0 Å². The van der Waals surface area contributed by atoms with Gasteiger partial charge in [-0.2, -0.15) is 0 Å².